The minimum Gasteiger partial charge on any atom is -0.445 e. The van der Waals surface area contributed by atoms with Gasteiger partial charge in [0, 0.05) is 0 Å². The summed E-state index contributed by atoms with van der Waals surface area (Å²) < 4.78 is 70.8. The third-order valence-corrected chi connectivity index (χ3v) is 6.63. The molecule has 0 aliphatic carbocycles. The minimum absolute atomic E-state index is 0.267. The molecule has 1 atom stereocenters. The summed E-state index contributed by atoms with van der Waals surface area (Å²) in [5.41, 5.74) is 1.54. The second-order valence-corrected chi connectivity index (χ2v) is 9.32. The molecule has 0 radical (unpaired) electrons. The van der Waals surface area contributed by atoms with Crippen molar-refractivity contribution in [3.63, 3.8) is 0 Å². The van der Waals surface area contributed by atoms with E-state index in [9.17, 15) is 22.5 Å². The Bertz CT molecular complexity index is 1030. The van der Waals surface area contributed by atoms with E-state index in [-0.39, 0.29) is 6.61 Å². The summed E-state index contributed by atoms with van der Waals surface area (Å²) in [6.45, 7) is -1.10. The third kappa shape index (κ3) is 7.73. The van der Waals surface area contributed by atoms with E-state index in [2.05, 4.69) is 0 Å². The standard InChI is InChI=1S/C24H23F3NO5P/c25-24(26,27)22(28-23(29)31-16-19-10-4-1-5-11-19)34(30,32-17-20-12-6-2-7-13-20)33-18-21-14-8-3-9-15-21/h1-15,22H,16-18H2,(H,28,29). The first kappa shape index (κ1) is 25.5. The van der Waals surface area contributed by atoms with Crippen molar-refractivity contribution in [3.05, 3.63) is 108 Å². The molecule has 0 spiro atoms. The van der Waals surface area contributed by atoms with E-state index in [0.717, 1.165) is 0 Å². The highest BCUT2D eigenvalue weighted by Crippen LogP contribution is 2.58. The lowest BCUT2D eigenvalue weighted by atomic mass is 10.2. The molecule has 0 fully saturated rings. The lowest BCUT2D eigenvalue weighted by Crippen LogP contribution is -2.46. The van der Waals surface area contributed by atoms with E-state index >= 15 is 0 Å². The van der Waals surface area contributed by atoms with Gasteiger partial charge in [-0.15, -0.1) is 0 Å². The monoisotopic (exact) mass is 493 g/mol. The van der Waals surface area contributed by atoms with E-state index in [0.29, 0.717) is 16.7 Å². The predicted octanol–water partition coefficient (Wildman–Crippen LogP) is 6.43. The number of hydrogen-bond donors (Lipinski definition) is 1. The maximum atomic E-state index is 14.0. The average Bonchev–Trinajstić information content (AvgIpc) is 2.85. The van der Waals surface area contributed by atoms with Crippen LogP contribution in [0.25, 0.3) is 0 Å². The van der Waals surface area contributed by atoms with Crippen LogP contribution in [0.5, 0.6) is 0 Å². The summed E-state index contributed by atoms with van der Waals surface area (Å²) in [7, 11) is -4.97. The number of halogens is 3. The first-order valence-corrected chi connectivity index (χ1v) is 11.9. The van der Waals surface area contributed by atoms with Gasteiger partial charge >= 0.3 is 19.9 Å². The molecule has 1 unspecified atom stereocenters. The maximum Gasteiger partial charge on any atom is 0.420 e. The van der Waals surface area contributed by atoms with Gasteiger partial charge in [0.2, 0.25) is 5.78 Å². The Morgan fingerprint density at radius 1 is 0.735 bits per heavy atom. The molecule has 180 valence electrons. The highest BCUT2D eigenvalue weighted by atomic mass is 31.2. The largest absolute Gasteiger partial charge is 0.445 e. The molecule has 3 rings (SSSR count). The van der Waals surface area contributed by atoms with Crippen LogP contribution in [-0.4, -0.2) is 18.1 Å². The average molecular weight is 493 g/mol. The smallest absolute Gasteiger partial charge is 0.420 e. The van der Waals surface area contributed by atoms with Gasteiger partial charge in [-0.1, -0.05) is 91.0 Å². The number of alkyl halides is 3. The number of carbonyl (C=O) groups is 1. The Morgan fingerprint density at radius 3 is 1.50 bits per heavy atom. The Balaban J connectivity index is 1.78. The van der Waals surface area contributed by atoms with Gasteiger partial charge < -0.3 is 13.8 Å². The van der Waals surface area contributed by atoms with Crippen LogP contribution in [0, 0.1) is 0 Å². The molecule has 1 N–H and O–H groups in total. The Hall–Kier alpha value is -3.13. The lowest BCUT2D eigenvalue weighted by molar-refractivity contribution is -0.140. The van der Waals surface area contributed by atoms with Crippen molar-refractivity contribution >= 4 is 13.7 Å². The molecule has 0 saturated carbocycles. The molecule has 0 bridgehead atoms. The molecule has 34 heavy (non-hydrogen) atoms. The zero-order valence-electron chi connectivity index (χ0n) is 18.0. The molecular formula is C24H23F3NO5P. The number of nitrogens with one attached hydrogen (secondary N) is 1. The van der Waals surface area contributed by atoms with Crippen molar-refractivity contribution < 1.29 is 36.3 Å². The molecule has 10 heteroatoms. The zero-order chi connectivity index (χ0) is 24.4. The summed E-state index contributed by atoms with van der Waals surface area (Å²) in [6, 6.07) is 24.9. The fourth-order valence-electron chi connectivity index (χ4n) is 2.88. The van der Waals surface area contributed by atoms with Crippen molar-refractivity contribution in [2.24, 2.45) is 0 Å². The maximum absolute atomic E-state index is 14.0. The van der Waals surface area contributed by atoms with E-state index in [1.165, 1.54) is 0 Å². The highest BCUT2D eigenvalue weighted by Gasteiger charge is 2.55. The zero-order valence-corrected chi connectivity index (χ0v) is 18.9. The van der Waals surface area contributed by atoms with Crippen molar-refractivity contribution in [1.82, 2.24) is 5.32 Å². The fourth-order valence-corrected chi connectivity index (χ4v) is 4.53. The van der Waals surface area contributed by atoms with Crippen LogP contribution in [-0.2, 0) is 38.2 Å². The summed E-state index contributed by atoms with van der Waals surface area (Å²) in [5, 5.41) is 1.64. The lowest BCUT2D eigenvalue weighted by Gasteiger charge is -2.29. The number of carbonyl (C=O) groups excluding carboxylic acids is 1. The second kappa shape index (κ2) is 11.8. The van der Waals surface area contributed by atoms with Crippen LogP contribution in [0.4, 0.5) is 18.0 Å². The molecule has 0 heterocycles. The quantitative estimate of drug-likeness (QED) is 0.330. The SMILES string of the molecule is O=C(NC(C(F)(F)F)P(=O)(OCc1ccccc1)OCc1ccccc1)OCc1ccccc1. The molecule has 0 aromatic heterocycles. The van der Waals surface area contributed by atoms with Crippen LogP contribution >= 0.6 is 7.60 Å². The van der Waals surface area contributed by atoms with Crippen LogP contribution in [0.3, 0.4) is 0 Å². The molecule has 0 aliphatic rings. The molecule has 3 aromatic carbocycles. The van der Waals surface area contributed by atoms with Crippen LogP contribution in [0.1, 0.15) is 16.7 Å². The van der Waals surface area contributed by atoms with E-state index < -0.39 is 38.9 Å². The summed E-state index contributed by atoms with van der Waals surface area (Å²) >= 11 is 0. The number of benzene rings is 3. The molecule has 3 aromatic rings. The Labute approximate surface area is 195 Å². The van der Waals surface area contributed by atoms with Gasteiger partial charge in [0.15, 0.2) is 0 Å². The van der Waals surface area contributed by atoms with Gasteiger partial charge in [0.25, 0.3) is 0 Å². The Kier molecular flexibility index (Phi) is 8.87. The molecule has 0 saturated heterocycles. The van der Waals surface area contributed by atoms with Crippen molar-refractivity contribution in [1.29, 1.82) is 0 Å². The van der Waals surface area contributed by atoms with E-state index in [1.54, 1.807) is 96.3 Å². The van der Waals surface area contributed by atoms with Crippen molar-refractivity contribution in [2.75, 3.05) is 0 Å². The molecular weight excluding hydrogens is 470 g/mol. The fraction of sp³-hybridized carbons (Fsp3) is 0.208. The van der Waals surface area contributed by atoms with Gasteiger partial charge in [0.1, 0.15) is 6.61 Å². The van der Waals surface area contributed by atoms with Gasteiger partial charge in [-0.25, -0.2) is 4.79 Å². The number of ether oxygens (including phenoxy) is 1. The summed E-state index contributed by atoms with van der Waals surface area (Å²) in [5.74, 6) is -2.93. The number of alkyl carbamates (subject to hydrolysis) is 1. The molecule has 0 aliphatic heterocycles. The number of amides is 1. The first-order chi connectivity index (χ1) is 16.3. The highest BCUT2D eigenvalue weighted by molar-refractivity contribution is 7.54. The molecule has 6 nitrogen and oxygen atoms in total. The van der Waals surface area contributed by atoms with Crippen LogP contribution < -0.4 is 5.32 Å². The minimum atomic E-state index is -5.14. The van der Waals surface area contributed by atoms with E-state index in [1.807, 2.05) is 0 Å². The predicted molar refractivity (Wildman–Crippen MR) is 120 cm³/mol. The normalized spacial score (nSPS) is 12.7. The summed E-state index contributed by atoms with van der Waals surface area (Å²) in [4.78, 5) is 12.2. The van der Waals surface area contributed by atoms with Gasteiger partial charge in [0.05, 0.1) is 13.2 Å². The third-order valence-electron chi connectivity index (χ3n) is 4.60. The van der Waals surface area contributed by atoms with Crippen LogP contribution in [0.2, 0.25) is 0 Å². The second-order valence-electron chi connectivity index (χ2n) is 7.21. The summed E-state index contributed by atoms with van der Waals surface area (Å²) in [6.07, 6.45) is -6.55. The number of rotatable bonds is 10. The van der Waals surface area contributed by atoms with Crippen LogP contribution in [0.15, 0.2) is 91.0 Å². The van der Waals surface area contributed by atoms with Crippen molar-refractivity contribution in [3.8, 4) is 0 Å². The first-order valence-electron chi connectivity index (χ1n) is 10.3. The van der Waals surface area contributed by atoms with Gasteiger partial charge in [-0.2, -0.15) is 13.2 Å². The Morgan fingerprint density at radius 2 is 1.12 bits per heavy atom. The molecule has 1 amide bonds. The van der Waals surface area contributed by atoms with Gasteiger partial charge in [-0.3, -0.25) is 9.88 Å². The van der Waals surface area contributed by atoms with E-state index in [4.69, 9.17) is 13.8 Å². The number of hydrogen-bond acceptors (Lipinski definition) is 5. The van der Waals surface area contributed by atoms with Gasteiger partial charge in [-0.05, 0) is 16.7 Å². The topological polar surface area (TPSA) is 73.9 Å². The van der Waals surface area contributed by atoms with Crippen molar-refractivity contribution in [2.45, 2.75) is 31.8 Å².